The van der Waals surface area contributed by atoms with Crippen molar-refractivity contribution in [3.63, 3.8) is 0 Å². The maximum Gasteiger partial charge on any atom is 0.265 e. The van der Waals surface area contributed by atoms with Crippen LogP contribution in [0.1, 0.15) is 5.56 Å². The van der Waals surface area contributed by atoms with Crippen LogP contribution in [0.15, 0.2) is 30.3 Å². The summed E-state index contributed by atoms with van der Waals surface area (Å²) in [7, 11) is -2.07. The van der Waals surface area contributed by atoms with Crippen molar-refractivity contribution in [3.05, 3.63) is 35.9 Å². The summed E-state index contributed by atoms with van der Waals surface area (Å²) in [5.41, 5.74) is 0.766. The number of rotatable bonds is 2. The molecule has 3 nitrogen and oxygen atoms in total. The molecule has 1 rings (SSSR count). The van der Waals surface area contributed by atoms with Crippen LogP contribution >= 0.6 is 8.00 Å². The summed E-state index contributed by atoms with van der Waals surface area (Å²) >= 11 is 0. The first-order valence-electron chi connectivity index (χ1n) is 3.01. The Balaban J connectivity index is 2.79. The zero-order valence-electron chi connectivity index (χ0n) is 5.68. The summed E-state index contributed by atoms with van der Waals surface area (Å²) in [5, 5.41) is 7.98. The van der Waals surface area contributed by atoms with Crippen LogP contribution in [-0.2, 0) is 4.67 Å². The molecule has 1 aromatic carbocycles. The molecule has 1 aromatic rings. The highest BCUT2D eigenvalue weighted by molar-refractivity contribution is 7.45. The summed E-state index contributed by atoms with van der Waals surface area (Å²) in [6.45, 7) is 0. The molecule has 0 aliphatic carbocycles. The third-order valence-electron chi connectivity index (χ3n) is 1.13. The first-order valence-corrected chi connectivity index (χ1v) is 4.25. The summed E-state index contributed by atoms with van der Waals surface area (Å²) in [5.74, 6) is 1.34. The Morgan fingerprint density at radius 1 is 1.36 bits per heavy atom. The molecule has 0 aromatic heterocycles. The molecule has 0 heterocycles. The molecular weight excluding hydrogens is 163 g/mol. The molecule has 0 aliphatic rings. The van der Waals surface area contributed by atoms with Gasteiger partial charge in [-0.05, 0) is 4.67 Å². The minimum absolute atomic E-state index is 0.766. The maximum absolute atomic E-state index is 10.6. The SMILES string of the molecule is [O-]/[P+](=C\c1ccccc1)OO. The summed E-state index contributed by atoms with van der Waals surface area (Å²) < 4.78 is 3.61. The first-order chi connectivity index (χ1) is 5.33. The van der Waals surface area contributed by atoms with Crippen molar-refractivity contribution >= 4 is 13.8 Å². The van der Waals surface area contributed by atoms with Gasteiger partial charge in [-0.25, -0.2) is 5.26 Å². The van der Waals surface area contributed by atoms with Gasteiger partial charge in [0.1, 0.15) is 5.80 Å². The van der Waals surface area contributed by atoms with Gasteiger partial charge in [0.05, 0.1) is 0 Å². The highest BCUT2D eigenvalue weighted by Gasteiger charge is 1.94. The van der Waals surface area contributed by atoms with E-state index in [9.17, 15) is 4.89 Å². The van der Waals surface area contributed by atoms with Gasteiger partial charge < -0.3 is 4.89 Å². The second-order valence-electron chi connectivity index (χ2n) is 1.91. The number of hydrogen-bond acceptors (Lipinski definition) is 3. The maximum atomic E-state index is 10.6. The minimum atomic E-state index is -2.07. The van der Waals surface area contributed by atoms with E-state index < -0.39 is 8.00 Å². The van der Waals surface area contributed by atoms with Crippen LogP contribution in [0.3, 0.4) is 0 Å². The van der Waals surface area contributed by atoms with E-state index in [1.165, 1.54) is 5.80 Å². The van der Waals surface area contributed by atoms with Crippen LogP contribution in [-0.4, -0.2) is 11.1 Å². The monoisotopic (exact) mass is 170 g/mol. The van der Waals surface area contributed by atoms with Crippen LogP contribution in [0.5, 0.6) is 0 Å². The topological polar surface area (TPSA) is 52.5 Å². The third-order valence-corrected chi connectivity index (χ3v) is 1.80. The predicted octanol–water partition coefficient (Wildman–Crippen LogP) is 0.999. The Bertz CT molecular complexity index is 245. The van der Waals surface area contributed by atoms with Crippen LogP contribution in [0, 0.1) is 0 Å². The molecule has 1 N–H and O–H groups in total. The fraction of sp³-hybridized carbons (Fsp3) is 0. The Hall–Kier alpha value is -0.730. The van der Waals surface area contributed by atoms with Crippen molar-refractivity contribution in [1.29, 1.82) is 0 Å². The fourth-order valence-electron chi connectivity index (χ4n) is 0.684. The molecule has 11 heavy (non-hydrogen) atoms. The molecule has 58 valence electrons. The highest BCUT2D eigenvalue weighted by atomic mass is 31.1. The van der Waals surface area contributed by atoms with Gasteiger partial charge in [-0.2, -0.15) is 0 Å². The molecule has 0 aliphatic heterocycles. The Morgan fingerprint density at radius 3 is 2.55 bits per heavy atom. The third kappa shape index (κ3) is 2.78. The molecule has 0 radical (unpaired) electrons. The van der Waals surface area contributed by atoms with Crippen molar-refractivity contribution in [1.82, 2.24) is 0 Å². The average Bonchev–Trinajstić information content (AvgIpc) is 2.06. The highest BCUT2D eigenvalue weighted by Crippen LogP contribution is 2.10. The van der Waals surface area contributed by atoms with E-state index in [-0.39, 0.29) is 0 Å². The molecule has 1 atom stereocenters. The Kier molecular flexibility index (Phi) is 3.20. The van der Waals surface area contributed by atoms with E-state index >= 15 is 0 Å². The molecular formula is C7H7O3P. The van der Waals surface area contributed by atoms with Crippen LogP contribution < -0.4 is 4.89 Å². The average molecular weight is 170 g/mol. The lowest BCUT2D eigenvalue weighted by Crippen LogP contribution is -1.92. The first kappa shape index (κ1) is 8.37. The van der Waals surface area contributed by atoms with Crippen molar-refractivity contribution in [2.75, 3.05) is 0 Å². The van der Waals surface area contributed by atoms with Gasteiger partial charge >= 0.3 is 0 Å². The van der Waals surface area contributed by atoms with Crippen molar-refractivity contribution in [3.8, 4) is 0 Å². The smallest absolute Gasteiger partial charge is 0.265 e. The molecule has 0 saturated carbocycles. The Labute approximate surface area is 65.4 Å². The minimum Gasteiger partial charge on any atom is -0.600 e. The molecule has 0 bridgehead atoms. The van der Waals surface area contributed by atoms with E-state index in [1.54, 1.807) is 12.1 Å². The molecule has 1 unspecified atom stereocenters. The quantitative estimate of drug-likeness (QED) is 0.409. The molecule has 0 amide bonds. The van der Waals surface area contributed by atoms with Crippen LogP contribution in [0.2, 0.25) is 0 Å². The van der Waals surface area contributed by atoms with Gasteiger partial charge in [0.25, 0.3) is 8.00 Å². The van der Waals surface area contributed by atoms with Gasteiger partial charge in [0.2, 0.25) is 0 Å². The summed E-state index contributed by atoms with van der Waals surface area (Å²) in [4.78, 5) is 10.6. The zero-order valence-corrected chi connectivity index (χ0v) is 6.57. The number of benzene rings is 1. The second kappa shape index (κ2) is 4.21. The molecule has 0 saturated heterocycles. The standard InChI is InChI=1S/C7H7O3P/c8-10-11(9)6-7-4-2-1-3-5-7/h1-6,8H. The lowest BCUT2D eigenvalue weighted by Gasteiger charge is -1.89. The van der Waals surface area contributed by atoms with Gasteiger partial charge in [-0.15, -0.1) is 0 Å². The van der Waals surface area contributed by atoms with Crippen molar-refractivity contribution in [2.24, 2.45) is 0 Å². The normalized spacial score (nSPS) is 11.6. The zero-order chi connectivity index (χ0) is 8.10. The summed E-state index contributed by atoms with van der Waals surface area (Å²) in [6.07, 6.45) is 0. The van der Waals surface area contributed by atoms with Crippen LogP contribution in [0.4, 0.5) is 0 Å². The largest absolute Gasteiger partial charge is 0.600 e. The van der Waals surface area contributed by atoms with Gasteiger partial charge in [0, 0.05) is 5.56 Å². The molecule has 0 spiro atoms. The van der Waals surface area contributed by atoms with Gasteiger partial charge in [-0.1, -0.05) is 30.3 Å². The van der Waals surface area contributed by atoms with Crippen molar-refractivity contribution < 1.29 is 14.8 Å². The second-order valence-corrected chi connectivity index (χ2v) is 2.90. The van der Waals surface area contributed by atoms with E-state index in [1.807, 2.05) is 18.2 Å². The van der Waals surface area contributed by atoms with Gasteiger partial charge in [0.15, 0.2) is 0 Å². The van der Waals surface area contributed by atoms with Crippen molar-refractivity contribution in [2.45, 2.75) is 0 Å². The van der Waals surface area contributed by atoms with E-state index in [4.69, 9.17) is 5.26 Å². The Morgan fingerprint density at radius 2 is 2.00 bits per heavy atom. The van der Waals surface area contributed by atoms with E-state index in [2.05, 4.69) is 4.67 Å². The lowest BCUT2D eigenvalue weighted by atomic mass is 10.2. The predicted molar refractivity (Wildman–Crippen MR) is 42.2 cm³/mol. The summed E-state index contributed by atoms with van der Waals surface area (Å²) in [6, 6.07) is 9.02. The van der Waals surface area contributed by atoms with Crippen LogP contribution in [0.25, 0.3) is 0 Å². The molecule has 0 fully saturated rings. The molecule has 4 heteroatoms. The van der Waals surface area contributed by atoms with E-state index in [0.29, 0.717) is 0 Å². The lowest BCUT2D eigenvalue weighted by molar-refractivity contribution is -0.231. The van der Waals surface area contributed by atoms with Gasteiger partial charge in [-0.3, -0.25) is 0 Å². The fourth-order valence-corrected chi connectivity index (χ4v) is 1.15. The number of hydrogen-bond donors (Lipinski definition) is 1. The van der Waals surface area contributed by atoms with E-state index in [0.717, 1.165) is 5.56 Å².